The van der Waals surface area contributed by atoms with E-state index in [-0.39, 0.29) is 12.5 Å². The lowest BCUT2D eigenvalue weighted by Crippen LogP contribution is -2.31. The molecule has 0 aromatic carbocycles. The number of hydrogen-bond donors (Lipinski definition) is 1. The minimum Gasteiger partial charge on any atom is -0.467 e. The second-order valence-corrected chi connectivity index (χ2v) is 4.98. The van der Waals surface area contributed by atoms with E-state index in [0.29, 0.717) is 17.9 Å². The third-order valence-electron chi connectivity index (χ3n) is 2.06. The number of ether oxygens (including phenoxy) is 2. The van der Waals surface area contributed by atoms with Crippen LogP contribution in [-0.2, 0) is 20.8 Å². The summed E-state index contributed by atoms with van der Waals surface area (Å²) >= 11 is 0. The summed E-state index contributed by atoms with van der Waals surface area (Å²) < 4.78 is 14.8. The molecule has 19 heavy (non-hydrogen) atoms. The molecule has 6 heteroatoms. The van der Waals surface area contributed by atoms with Crippen molar-refractivity contribution in [3.63, 3.8) is 0 Å². The fourth-order valence-corrected chi connectivity index (χ4v) is 1.36. The van der Waals surface area contributed by atoms with E-state index in [4.69, 9.17) is 9.15 Å². The number of rotatable bonds is 5. The van der Waals surface area contributed by atoms with Gasteiger partial charge in [0.2, 0.25) is 0 Å². The van der Waals surface area contributed by atoms with E-state index in [2.05, 4.69) is 10.1 Å². The largest absolute Gasteiger partial charge is 0.467 e. The van der Waals surface area contributed by atoms with Crippen molar-refractivity contribution >= 4 is 11.9 Å². The van der Waals surface area contributed by atoms with E-state index < -0.39 is 11.6 Å². The van der Waals surface area contributed by atoms with Crippen LogP contribution in [-0.4, -0.2) is 31.2 Å². The summed E-state index contributed by atoms with van der Waals surface area (Å²) in [5.74, 6) is -0.252. The second-order valence-electron chi connectivity index (χ2n) is 4.98. The summed E-state index contributed by atoms with van der Waals surface area (Å²) in [5, 5.41) is 2.87. The molecule has 0 radical (unpaired) electrons. The summed E-state index contributed by atoms with van der Waals surface area (Å²) in [7, 11) is 1.30. The van der Waals surface area contributed by atoms with Gasteiger partial charge in [0.15, 0.2) is 0 Å². The maximum atomic E-state index is 11.4. The maximum Gasteiger partial charge on any atom is 0.341 e. The van der Waals surface area contributed by atoms with Crippen LogP contribution >= 0.6 is 0 Å². The fourth-order valence-electron chi connectivity index (χ4n) is 1.36. The van der Waals surface area contributed by atoms with Crippen molar-refractivity contribution in [3.8, 4) is 0 Å². The second kappa shape index (κ2) is 6.38. The molecule has 1 rings (SSSR count). The molecule has 0 atom stereocenters. The number of hydrogen-bond acceptors (Lipinski definition) is 6. The molecular weight excluding hydrogens is 250 g/mol. The zero-order chi connectivity index (χ0) is 14.5. The predicted octanol–water partition coefficient (Wildman–Crippen LogP) is 1.50. The molecule has 0 unspecified atom stereocenters. The van der Waals surface area contributed by atoms with Crippen LogP contribution in [0.3, 0.4) is 0 Å². The van der Waals surface area contributed by atoms with Gasteiger partial charge in [-0.05, 0) is 26.8 Å². The van der Waals surface area contributed by atoms with Crippen molar-refractivity contribution in [3.05, 3.63) is 23.7 Å². The molecule has 0 saturated heterocycles. The number of furan rings is 1. The molecule has 0 aliphatic rings. The molecule has 1 N–H and O–H groups in total. The van der Waals surface area contributed by atoms with Crippen LogP contribution in [0.4, 0.5) is 0 Å². The highest BCUT2D eigenvalue weighted by Gasteiger charge is 2.16. The van der Waals surface area contributed by atoms with Gasteiger partial charge in [-0.3, -0.25) is 10.1 Å². The first-order chi connectivity index (χ1) is 8.81. The summed E-state index contributed by atoms with van der Waals surface area (Å²) in [6.07, 6.45) is 1.32. The number of carbonyl (C=O) groups excluding carboxylic acids is 2. The zero-order valence-corrected chi connectivity index (χ0v) is 11.6. The Hall–Kier alpha value is -1.82. The first kappa shape index (κ1) is 15.2. The Kier molecular flexibility index (Phi) is 5.11. The van der Waals surface area contributed by atoms with Crippen molar-refractivity contribution in [2.24, 2.45) is 0 Å². The molecule has 1 aromatic rings. The summed E-state index contributed by atoms with van der Waals surface area (Å²) in [4.78, 5) is 22.6. The molecule has 0 saturated carbocycles. The van der Waals surface area contributed by atoms with Gasteiger partial charge in [-0.2, -0.15) is 0 Å². The van der Waals surface area contributed by atoms with Gasteiger partial charge in [0.05, 0.1) is 25.8 Å². The molecule has 0 aliphatic carbocycles. The van der Waals surface area contributed by atoms with Gasteiger partial charge in [0.1, 0.15) is 17.6 Å². The lowest BCUT2D eigenvalue weighted by molar-refractivity contribution is -0.153. The smallest absolute Gasteiger partial charge is 0.341 e. The summed E-state index contributed by atoms with van der Waals surface area (Å²) in [5.41, 5.74) is -0.154. The molecular formula is C13H19NO5. The average Bonchev–Trinajstić information content (AvgIpc) is 2.74. The van der Waals surface area contributed by atoms with Gasteiger partial charge < -0.3 is 13.9 Å². The van der Waals surface area contributed by atoms with Crippen molar-refractivity contribution in [2.45, 2.75) is 32.9 Å². The van der Waals surface area contributed by atoms with Crippen LogP contribution < -0.4 is 5.32 Å². The first-order valence-corrected chi connectivity index (χ1v) is 5.90. The van der Waals surface area contributed by atoms with Crippen molar-refractivity contribution in [2.75, 3.05) is 13.7 Å². The van der Waals surface area contributed by atoms with Gasteiger partial charge in [-0.25, -0.2) is 4.79 Å². The predicted molar refractivity (Wildman–Crippen MR) is 67.6 cm³/mol. The third-order valence-corrected chi connectivity index (χ3v) is 2.06. The lowest BCUT2D eigenvalue weighted by atomic mass is 10.2. The number of nitrogens with one attached hydrogen (secondary N) is 1. The first-order valence-electron chi connectivity index (χ1n) is 5.90. The average molecular weight is 269 g/mol. The molecule has 1 aromatic heterocycles. The Bertz CT molecular complexity index is 444. The third kappa shape index (κ3) is 5.56. The van der Waals surface area contributed by atoms with E-state index >= 15 is 0 Å². The van der Waals surface area contributed by atoms with Crippen LogP contribution in [0.2, 0.25) is 0 Å². The Balaban J connectivity index is 2.35. The van der Waals surface area contributed by atoms with Gasteiger partial charge in [0.25, 0.3) is 0 Å². The maximum absolute atomic E-state index is 11.4. The van der Waals surface area contributed by atoms with E-state index in [1.165, 1.54) is 13.4 Å². The number of esters is 2. The van der Waals surface area contributed by atoms with Crippen molar-refractivity contribution in [1.82, 2.24) is 5.32 Å². The highest BCUT2D eigenvalue weighted by Crippen LogP contribution is 2.09. The topological polar surface area (TPSA) is 77.8 Å². The highest BCUT2D eigenvalue weighted by molar-refractivity contribution is 5.88. The minimum absolute atomic E-state index is 0.0749. The van der Waals surface area contributed by atoms with Gasteiger partial charge in [0, 0.05) is 0 Å². The fraction of sp³-hybridized carbons (Fsp3) is 0.538. The quantitative estimate of drug-likeness (QED) is 0.816. The van der Waals surface area contributed by atoms with E-state index in [1.54, 1.807) is 26.8 Å². The number of methoxy groups -OCH3 is 1. The van der Waals surface area contributed by atoms with Gasteiger partial charge in [-0.15, -0.1) is 0 Å². The van der Waals surface area contributed by atoms with Gasteiger partial charge >= 0.3 is 11.9 Å². The zero-order valence-electron chi connectivity index (χ0n) is 11.6. The SMILES string of the molecule is COC(=O)c1coc(CNCC(=O)OC(C)(C)C)c1. The molecule has 0 fully saturated rings. The summed E-state index contributed by atoms with van der Waals surface area (Å²) in [6.45, 7) is 5.82. The van der Waals surface area contributed by atoms with E-state index in [9.17, 15) is 9.59 Å². The van der Waals surface area contributed by atoms with Gasteiger partial charge in [-0.1, -0.05) is 0 Å². The van der Waals surface area contributed by atoms with Crippen molar-refractivity contribution < 1.29 is 23.5 Å². The van der Waals surface area contributed by atoms with Crippen LogP contribution in [0.15, 0.2) is 16.7 Å². The molecule has 0 amide bonds. The van der Waals surface area contributed by atoms with Crippen LogP contribution in [0.1, 0.15) is 36.9 Å². The van der Waals surface area contributed by atoms with Crippen LogP contribution in [0.5, 0.6) is 0 Å². The van der Waals surface area contributed by atoms with Crippen LogP contribution in [0, 0.1) is 0 Å². The van der Waals surface area contributed by atoms with Crippen LogP contribution in [0.25, 0.3) is 0 Å². The standard InChI is InChI=1S/C13H19NO5/c1-13(2,3)19-11(15)7-14-6-10-5-9(8-18-10)12(16)17-4/h5,8,14H,6-7H2,1-4H3. The molecule has 0 bridgehead atoms. The molecule has 106 valence electrons. The molecule has 6 nitrogen and oxygen atoms in total. The van der Waals surface area contributed by atoms with Crippen molar-refractivity contribution in [1.29, 1.82) is 0 Å². The summed E-state index contributed by atoms with van der Waals surface area (Å²) in [6, 6.07) is 1.56. The lowest BCUT2D eigenvalue weighted by Gasteiger charge is -2.19. The Morgan fingerprint density at radius 3 is 2.63 bits per heavy atom. The highest BCUT2D eigenvalue weighted by atomic mass is 16.6. The Labute approximate surface area is 112 Å². The molecule has 1 heterocycles. The molecule has 0 aliphatic heterocycles. The number of carbonyl (C=O) groups is 2. The minimum atomic E-state index is -0.499. The molecule has 0 spiro atoms. The Morgan fingerprint density at radius 2 is 2.05 bits per heavy atom. The Morgan fingerprint density at radius 1 is 1.37 bits per heavy atom. The van der Waals surface area contributed by atoms with E-state index in [1.807, 2.05) is 0 Å². The van der Waals surface area contributed by atoms with E-state index in [0.717, 1.165) is 0 Å². The normalized spacial score (nSPS) is 11.2. The monoisotopic (exact) mass is 269 g/mol.